The van der Waals surface area contributed by atoms with Crippen LogP contribution in [0.25, 0.3) is 0 Å². The monoisotopic (exact) mass is 520 g/mol. The molecular formula is C20H33IN4O4. The van der Waals surface area contributed by atoms with Crippen molar-refractivity contribution in [1.29, 1.82) is 0 Å². The molecule has 2 rings (SSSR count). The van der Waals surface area contributed by atoms with Crippen LogP contribution in [-0.2, 0) is 4.74 Å². The molecule has 0 aromatic heterocycles. The Morgan fingerprint density at radius 3 is 2.55 bits per heavy atom. The van der Waals surface area contributed by atoms with E-state index < -0.39 is 5.60 Å². The fourth-order valence-electron chi connectivity index (χ4n) is 3.06. The Morgan fingerprint density at radius 1 is 1.24 bits per heavy atom. The number of hydrogen-bond donors (Lipinski definition) is 2. The Morgan fingerprint density at radius 2 is 1.93 bits per heavy atom. The maximum Gasteiger partial charge on any atom is 0.410 e. The van der Waals surface area contributed by atoms with Gasteiger partial charge in [0.25, 0.3) is 0 Å². The largest absolute Gasteiger partial charge is 0.493 e. The van der Waals surface area contributed by atoms with Crippen molar-refractivity contribution in [3.63, 3.8) is 0 Å². The number of amides is 1. The number of aliphatic imine (C=N–C) groups is 1. The van der Waals surface area contributed by atoms with Gasteiger partial charge < -0.3 is 30.2 Å². The molecule has 1 aliphatic rings. The summed E-state index contributed by atoms with van der Waals surface area (Å²) in [6, 6.07) is 5.39. The molecule has 1 unspecified atom stereocenters. The topological polar surface area (TPSA) is 98.4 Å². The van der Waals surface area contributed by atoms with E-state index in [1.165, 1.54) is 0 Å². The number of benzene rings is 1. The normalized spacial score (nSPS) is 17.2. The fraction of sp³-hybridized carbons (Fsp3) is 0.600. The number of ether oxygens (including phenoxy) is 3. The van der Waals surface area contributed by atoms with Gasteiger partial charge in [0.2, 0.25) is 0 Å². The molecule has 3 N–H and O–H groups in total. The minimum Gasteiger partial charge on any atom is -0.493 e. The highest BCUT2D eigenvalue weighted by Crippen LogP contribution is 2.29. The molecule has 1 saturated heterocycles. The second-order valence-corrected chi connectivity index (χ2v) is 7.74. The van der Waals surface area contributed by atoms with E-state index in [-0.39, 0.29) is 42.1 Å². The quantitative estimate of drug-likeness (QED) is 0.348. The number of carbonyl (C=O) groups excluding carboxylic acids is 1. The van der Waals surface area contributed by atoms with Crippen LogP contribution in [0, 0.1) is 0 Å². The zero-order valence-electron chi connectivity index (χ0n) is 17.9. The third kappa shape index (κ3) is 7.79. The van der Waals surface area contributed by atoms with Gasteiger partial charge in [-0.15, -0.1) is 24.0 Å². The minimum atomic E-state index is -0.518. The molecule has 1 aromatic carbocycles. The lowest BCUT2D eigenvalue weighted by atomic mass is 10.0. The summed E-state index contributed by atoms with van der Waals surface area (Å²) in [4.78, 5) is 18.7. The number of nitrogens with one attached hydrogen (secondary N) is 1. The molecule has 1 aliphatic heterocycles. The SMILES string of the molecule is COc1ccc(NC(N)=NCC2CCCCN2C(=O)OC(C)(C)C)cc1OC.I. The van der Waals surface area contributed by atoms with E-state index in [0.717, 1.165) is 24.9 Å². The van der Waals surface area contributed by atoms with Crippen LogP contribution in [0.4, 0.5) is 10.5 Å². The number of anilines is 1. The van der Waals surface area contributed by atoms with E-state index in [9.17, 15) is 4.79 Å². The molecule has 1 fully saturated rings. The molecule has 0 spiro atoms. The Balaban J connectivity index is 0.00000420. The zero-order chi connectivity index (χ0) is 20.7. The van der Waals surface area contributed by atoms with E-state index in [4.69, 9.17) is 19.9 Å². The van der Waals surface area contributed by atoms with Crippen LogP contribution in [0.2, 0.25) is 0 Å². The van der Waals surface area contributed by atoms with Gasteiger partial charge in [-0.2, -0.15) is 0 Å². The number of guanidine groups is 1. The van der Waals surface area contributed by atoms with Gasteiger partial charge in [-0.25, -0.2) is 4.79 Å². The standard InChI is InChI=1S/C20H32N4O4.HI/c1-20(2,3)28-19(25)24-11-7-6-8-15(24)13-22-18(21)23-14-9-10-16(26-4)17(12-14)27-5;/h9-10,12,15H,6-8,11,13H2,1-5H3,(H3,21,22,23);1H. The summed E-state index contributed by atoms with van der Waals surface area (Å²) in [6.45, 7) is 6.70. The van der Waals surface area contributed by atoms with E-state index >= 15 is 0 Å². The molecule has 0 saturated carbocycles. The van der Waals surface area contributed by atoms with Crippen molar-refractivity contribution in [2.24, 2.45) is 10.7 Å². The van der Waals surface area contributed by atoms with Gasteiger partial charge in [0.15, 0.2) is 17.5 Å². The lowest BCUT2D eigenvalue weighted by Crippen LogP contribution is -2.47. The smallest absolute Gasteiger partial charge is 0.410 e. The molecule has 29 heavy (non-hydrogen) atoms. The van der Waals surface area contributed by atoms with Crippen molar-refractivity contribution in [1.82, 2.24) is 4.90 Å². The Kier molecular flexibility index (Phi) is 9.81. The molecule has 0 bridgehead atoms. The first-order chi connectivity index (χ1) is 13.2. The average Bonchev–Trinajstić information content (AvgIpc) is 2.65. The summed E-state index contributed by atoms with van der Waals surface area (Å²) in [5.74, 6) is 1.52. The lowest BCUT2D eigenvalue weighted by molar-refractivity contribution is 0.0110. The third-order valence-electron chi connectivity index (χ3n) is 4.38. The van der Waals surface area contributed by atoms with Gasteiger partial charge >= 0.3 is 6.09 Å². The molecule has 9 heteroatoms. The molecule has 164 valence electrons. The maximum atomic E-state index is 12.5. The Hall–Kier alpha value is -1.91. The van der Waals surface area contributed by atoms with Gasteiger partial charge in [0.1, 0.15) is 5.60 Å². The fourth-order valence-corrected chi connectivity index (χ4v) is 3.06. The van der Waals surface area contributed by atoms with E-state index in [2.05, 4.69) is 10.3 Å². The number of methoxy groups -OCH3 is 2. The summed E-state index contributed by atoms with van der Waals surface area (Å²) >= 11 is 0. The number of nitrogens with zero attached hydrogens (tertiary/aromatic N) is 2. The first kappa shape index (κ1) is 25.1. The maximum absolute atomic E-state index is 12.5. The number of rotatable bonds is 5. The number of hydrogen-bond acceptors (Lipinski definition) is 5. The number of halogens is 1. The van der Waals surface area contributed by atoms with Crippen molar-refractivity contribution in [3.05, 3.63) is 18.2 Å². The Labute approximate surface area is 190 Å². The molecule has 1 aromatic rings. The summed E-state index contributed by atoms with van der Waals surface area (Å²) < 4.78 is 16.0. The highest BCUT2D eigenvalue weighted by molar-refractivity contribution is 14.0. The summed E-state index contributed by atoms with van der Waals surface area (Å²) in [7, 11) is 3.16. The van der Waals surface area contributed by atoms with Crippen molar-refractivity contribution in [2.75, 3.05) is 32.6 Å². The number of carbonyl (C=O) groups is 1. The predicted molar refractivity (Wildman–Crippen MR) is 126 cm³/mol. The highest BCUT2D eigenvalue weighted by atomic mass is 127. The van der Waals surface area contributed by atoms with Crippen molar-refractivity contribution in [2.45, 2.75) is 51.7 Å². The third-order valence-corrected chi connectivity index (χ3v) is 4.38. The molecular weight excluding hydrogens is 487 g/mol. The van der Waals surface area contributed by atoms with Gasteiger partial charge in [-0.1, -0.05) is 0 Å². The van der Waals surface area contributed by atoms with Crippen LogP contribution in [-0.4, -0.2) is 55.9 Å². The van der Waals surface area contributed by atoms with Crippen molar-refractivity contribution < 1.29 is 19.0 Å². The average molecular weight is 520 g/mol. The van der Waals surface area contributed by atoms with Crippen LogP contribution < -0.4 is 20.5 Å². The summed E-state index contributed by atoms with van der Waals surface area (Å²) in [6.07, 6.45) is 2.62. The highest BCUT2D eigenvalue weighted by Gasteiger charge is 2.30. The van der Waals surface area contributed by atoms with Gasteiger partial charge in [0.05, 0.1) is 26.8 Å². The second kappa shape index (κ2) is 11.3. The van der Waals surface area contributed by atoms with Gasteiger partial charge in [0, 0.05) is 18.3 Å². The van der Waals surface area contributed by atoms with Gasteiger partial charge in [-0.05, 0) is 52.2 Å². The lowest BCUT2D eigenvalue weighted by Gasteiger charge is -2.36. The van der Waals surface area contributed by atoms with Crippen LogP contribution in [0.3, 0.4) is 0 Å². The number of likely N-dealkylation sites (tertiary alicyclic amines) is 1. The van der Waals surface area contributed by atoms with E-state index in [1.807, 2.05) is 26.8 Å². The zero-order valence-corrected chi connectivity index (χ0v) is 20.2. The summed E-state index contributed by atoms with van der Waals surface area (Å²) in [5, 5.41) is 3.05. The molecule has 0 aliphatic carbocycles. The van der Waals surface area contributed by atoms with Crippen LogP contribution in [0.15, 0.2) is 23.2 Å². The molecule has 1 atom stereocenters. The van der Waals surface area contributed by atoms with Crippen molar-refractivity contribution >= 4 is 41.7 Å². The molecule has 0 radical (unpaired) electrons. The predicted octanol–water partition coefficient (Wildman–Crippen LogP) is 3.84. The van der Waals surface area contributed by atoms with Crippen LogP contribution in [0.1, 0.15) is 40.0 Å². The summed E-state index contributed by atoms with van der Waals surface area (Å²) in [5.41, 5.74) is 6.27. The number of piperidine rings is 1. The molecule has 1 heterocycles. The molecule has 1 amide bonds. The Bertz CT molecular complexity index is 706. The molecule has 8 nitrogen and oxygen atoms in total. The van der Waals surface area contributed by atoms with Crippen LogP contribution >= 0.6 is 24.0 Å². The second-order valence-electron chi connectivity index (χ2n) is 7.74. The van der Waals surface area contributed by atoms with E-state index in [1.54, 1.807) is 31.3 Å². The van der Waals surface area contributed by atoms with Crippen molar-refractivity contribution in [3.8, 4) is 11.5 Å². The first-order valence-electron chi connectivity index (χ1n) is 9.52. The number of nitrogens with two attached hydrogens (primary N) is 1. The van der Waals surface area contributed by atoms with Gasteiger partial charge in [-0.3, -0.25) is 4.99 Å². The van der Waals surface area contributed by atoms with E-state index in [0.29, 0.717) is 24.6 Å². The van der Waals surface area contributed by atoms with Crippen LogP contribution in [0.5, 0.6) is 11.5 Å². The first-order valence-corrected chi connectivity index (χ1v) is 9.52. The minimum absolute atomic E-state index is 0.